The van der Waals surface area contributed by atoms with Crippen molar-refractivity contribution >= 4 is 15.9 Å². The van der Waals surface area contributed by atoms with Crippen molar-refractivity contribution in [1.29, 1.82) is 0 Å². The van der Waals surface area contributed by atoms with Crippen molar-refractivity contribution in [2.75, 3.05) is 0 Å². The Balaban J connectivity index is 3.09. The molecule has 0 aliphatic rings. The molecule has 0 amide bonds. The Hall–Kier alpha value is -0.710. The number of halogens is 3. The number of alkyl halides is 2. The monoisotopic (exact) mass is 223 g/mol. The fourth-order valence-electron chi connectivity index (χ4n) is 0.640. The van der Waals surface area contributed by atoms with E-state index in [1.807, 2.05) is 0 Å². The number of hydrogen-bond acceptors (Lipinski definition) is 1. The lowest BCUT2D eigenvalue weighted by Crippen LogP contribution is -2.24. The Morgan fingerprint density at radius 2 is 2.18 bits per heavy atom. The average molecular weight is 224 g/mol. The van der Waals surface area contributed by atoms with E-state index >= 15 is 0 Å². The normalized spacial score (nSPS) is 10.5. The van der Waals surface area contributed by atoms with Gasteiger partial charge in [-0.15, -0.1) is 0 Å². The van der Waals surface area contributed by atoms with E-state index in [4.69, 9.17) is 0 Å². The van der Waals surface area contributed by atoms with Crippen LogP contribution in [-0.2, 0) is 0 Å². The van der Waals surface area contributed by atoms with Gasteiger partial charge in [0.1, 0.15) is 0 Å². The maximum atomic E-state index is 12.0. The second kappa shape index (κ2) is 3.13. The largest absolute Gasteiger partial charge is 0.619 e. The van der Waals surface area contributed by atoms with Crippen LogP contribution in [0.4, 0.5) is 8.78 Å². The fraction of sp³-hybridized carbons (Fsp3) is 0.167. The quantitative estimate of drug-likeness (QED) is 0.529. The first-order chi connectivity index (χ1) is 5.11. The summed E-state index contributed by atoms with van der Waals surface area (Å²) < 4.78 is 24.6. The molecule has 0 radical (unpaired) electrons. The molecule has 0 bridgehead atoms. The van der Waals surface area contributed by atoms with Crippen LogP contribution < -0.4 is 4.73 Å². The lowest BCUT2D eigenvalue weighted by molar-refractivity contribution is -0.606. The highest BCUT2D eigenvalue weighted by atomic mass is 79.9. The van der Waals surface area contributed by atoms with Gasteiger partial charge in [0.25, 0.3) is 6.43 Å². The Morgan fingerprint density at radius 1 is 1.55 bits per heavy atom. The minimum atomic E-state index is -2.55. The maximum absolute atomic E-state index is 12.0. The highest BCUT2D eigenvalue weighted by Gasteiger charge is 2.12. The van der Waals surface area contributed by atoms with E-state index in [2.05, 4.69) is 15.9 Å². The summed E-state index contributed by atoms with van der Waals surface area (Å²) in [5.74, 6) is 0. The zero-order chi connectivity index (χ0) is 8.43. The summed E-state index contributed by atoms with van der Waals surface area (Å²) in [7, 11) is 0. The molecule has 1 aromatic rings. The predicted molar refractivity (Wildman–Crippen MR) is 38.1 cm³/mol. The molecular weight excluding hydrogens is 220 g/mol. The summed E-state index contributed by atoms with van der Waals surface area (Å²) in [5.41, 5.74) is -0.169. The van der Waals surface area contributed by atoms with Crippen molar-refractivity contribution in [3.63, 3.8) is 0 Å². The van der Waals surface area contributed by atoms with Crippen molar-refractivity contribution in [2.24, 2.45) is 0 Å². The molecule has 0 saturated carbocycles. The van der Waals surface area contributed by atoms with Gasteiger partial charge >= 0.3 is 0 Å². The van der Waals surface area contributed by atoms with E-state index in [1.165, 1.54) is 0 Å². The Labute approximate surface area is 70.2 Å². The smallest absolute Gasteiger partial charge is 0.265 e. The van der Waals surface area contributed by atoms with Crippen LogP contribution in [0.25, 0.3) is 0 Å². The second-order valence-corrected chi connectivity index (χ2v) is 2.76. The molecule has 1 heterocycles. The molecule has 0 aromatic carbocycles. The van der Waals surface area contributed by atoms with Crippen LogP contribution >= 0.6 is 15.9 Å². The first kappa shape index (κ1) is 8.39. The third-order valence-electron chi connectivity index (χ3n) is 1.15. The van der Waals surface area contributed by atoms with E-state index < -0.39 is 6.43 Å². The number of aromatic nitrogens is 1. The molecule has 0 unspecified atom stereocenters. The van der Waals surface area contributed by atoms with Crippen molar-refractivity contribution < 1.29 is 13.5 Å². The van der Waals surface area contributed by atoms with Crippen molar-refractivity contribution in [3.05, 3.63) is 33.7 Å². The molecule has 0 fully saturated rings. The molecule has 5 heteroatoms. The van der Waals surface area contributed by atoms with Crippen molar-refractivity contribution in [1.82, 2.24) is 0 Å². The van der Waals surface area contributed by atoms with Crippen LogP contribution in [0.5, 0.6) is 0 Å². The summed E-state index contributed by atoms with van der Waals surface area (Å²) >= 11 is 2.85. The SMILES string of the molecule is [O-][n+]1ccc(C(F)F)c(Br)c1. The van der Waals surface area contributed by atoms with E-state index in [9.17, 15) is 14.0 Å². The molecule has 0 aliphatic carbocycles. The van der Waals surface area contributed by atoms with Gasteiger partial charge in [0.05, 0.1) is 4.47 Å². The standard InChI is InChI=1S/C6H4BrF2NO/c7-5-3-10(11)2-1-4(5)6(8)9/h1-3,6H. The summed E-state index contributed by atoms with van der Waals surface area (Å²) in [6, 6.07) is 1.09. The first-order valence-corrected chi connectivity index (χ1v) is 3.57. The lowest BCUT2D eigenvalue weighted by atomic mass is 10.3. The Morgan fingerprint density at radius 3 is 2.64 bits per heavy atom. The molecule has 0 spiro atoms. The summed E-state index contributed by atoms with van der Waals surface area (Å²) in [6.45, 7) is 0. The zero-order valence-electron chi connectivity index (χ0n) is 5.30. The van der Waals surface area contributed by atoms with E-state index in [0.29, 0.717) is 4.73 Å². The highest BCUT2D eigenvalue weighted by Crippen LogP contribution is 2.24. The van der Waals surface area contributed by atoms with Gasteiger partial charge in [-0.3, -0.25) is 0 Å². The number of pyridine rings is 1. The minimum Gasteiger partial charge on any atom is -0.619 e. The summed E-state index contributed by atoms with van der Waals surface area (Å²) in [6.07, 6.45) is -0.473. The fourth-order valence-corrected chi connectivity index (χ4v) is 1.15. The Bertz CT molecular complexity index is 267. The third kappa shape index (κ3) is 1.86. The van der Waals surface area contributed by atoms with Gasteiger partial charge in [0.15, 0.2) is 12.4 Å². The van der Waals surface area contributed by atoms with Crippen molar-refractivity contribution in [2.45, 2.75) is 6.43 Å². The molecule has 2 nitrogen and oxygen atoms in total. The molecule has 0 atom stereocenters. The van der Waals surface area contributed by atoms with Gasteiger partial charge in [0, 0.05) is 11.6 Å². The van der Waals surface area contributed by atoms with Gasteiger partial charge in [-0.25, -0.2) is 8.78 Å². The average Bonchev–Trinajstić information content (AvgIpc) is 1.85. The van der Waals surface area contributed by atoms with Gasteiger partial charge < -0.3 is 5.21 Å². The molecule has 11 heavy (non-hydrogen) atoms. The minimum absolute atomic E-state index is 0.130. The topological polar surface area (TPSA) is 26.9 Å². The molecule has 1 aromatic heterocycles. The number of rotatable bonds is 1. The van der Waals surface area contributed by atoms with Crippen LogP contribution in [0.3, 0.4) is 0 Å². The van der Waals surface area contributed by atoms with E-state index in [-0.39, 0.29) is 10.0 Å². The lowest BCUT2D eigenvalue weighted by Gasteiger charge is -2.01. The first-order valence-electron chi connectivity index (χ1n) is 2.77. The van der Waals surface area contributed by atoms with E-state index in [0.717, 1.165) is 18.5 Å². The highest BCUT2D eigenvalue weighted by molar-refractivity contribution is 9.10. The van der Waals surface area contributed by atoms with Gasteiger partial charge in [-0.05, 0) is 15.9 Å². The molecule has 1 rings (SSSR count). The second-order valence-electron chi connectivity index (χ2n) is 1.91. The predicted octanol–water partition coefficient (Wildman–Crippen LogP) is 2.02. The molecule has 0 N–H and O–H groups in total. The van der Waals surface area contributed by atoms with E-state index in [1.54, 1.807) is 0 Å². The van der Waals surface area contributed by atoms with Crippen LogP contribution in [0, 0.1) is 5.21 Å². The summed E-state index contributed by atoms with van der Waals surface area (Å²) in [4.78, 5) is 0. The molecular formula is C6H4BrF2NO. The maximum Gasteiger partial charge on any atom is 0.265 e. The van der Waals surface area contributed by atoms with Crippen LogP contribution in [0.2, 0.25) is 0 Å². The van der Waals surface area contributed by atoms with Gasteiger partial charge in [-0.2, -0.15) is 4.73 Å². The molecule has 60 valence electrons. The summed E-state index contributed by atoms with van der Waals surface area (Å²) in [5, 5.41) is 10.5. The van der Waals surface area contributed by atoms with Gasteiger partial charge in [-0.1, -0.05) is 0 Å². The molecule has 0 saturated heterocycles. The molecule has 0 aliphatic heterocycles. The van der Waals surface area contributed by atoms with Crippen LogP contribution in [0.15, 0.2) is 22.9 Å². The van der Waals surface area contributed by atoms with Crippen LogP contribution in [-0.4, -0.2) is 0 Å². The van der Waals surface area contributed by atoms with Gasteiger partial charge in [0.2, 0.25) is 0 Å². The Kier molecular flexibility index (Phi) is 2.38. The number of nitrogens with zero attached hydrogens (tertiary/aromatic N) is 1. The zero-order valence-corrected chi connectivity index (χ0v) is 6.88. The van der Waals surface area contributed by atoms with Crippen molar-refractivity contribution in [3.8, 4) is 0 Å². The van der Waals surface area contributed by atoms with Crippen LogP contribution in [0.1, 0.15) is 12.0 Å². The third-order valence-corrected chi connectivity index (χ3v) is 1.82. The number of hydrogen-bond donors (Lipinski definition) is 0.